The predicted octanol–water partition coefficient (Wildman–Crippen LogP) is 2.78. The summed E-state index contributed by atoms with van der Waals surface area (Å²) in [6.45, 7) is 5.79. The van der Waals surface area contributed by atoms with Gasteiger partial charge in [0.05, 0.1) is 0 Å². The molecule has 0 radical (unpaired) electrons. The quantitative estimate of drug-likeness (QED) is 0.836. The zero-order valence-corrected chi connectivity index (χ0v) is 11.5. The molecule has 1 aromatic carbocycles. The number of nitrogens with zero attached hydrogens (tertiary/aromatic N) is 3. The molecule has 0 bridgehead atoms. The van der Waals surface area contributed by atoms with E-state index < -0.39 is 0 Å². The molecule has 0 saturated carbocycles. The van der Waals surface area contributed by atoms with Gasteiger partial charge in [-0.05, 0) is 31.0 Å². The summed E-state index contributed by atoms with van der Waals surface area (Å²) in [5.41, 5.74) is 7.97. The molecule has 0 fully saturated rings. The average molecular weight is 256 g/mol. The average Bonchev–Trinajstić information content (AvgIpc) is 2.40. The first-order valence-corrected chi connectivity index (χ1v) is 6.58. The van der Waals surface area contributed by atoms with Crippen LogP contribution in [0.2, 0.25) is 0 Å². The third-order valence-electron chi connectivity index (χ3n) is 3.00. The van der Waals surface area contributed by atoms with Crippen LogP contribution >= 0.6 is 0 Å². The van der Waals surface area contributed by atoms with Gasteiger partial charge in [-0.15, -0.1) is 0 Å². The maximum Gasteiger partial charge on any atom is 0.132 e. The molecule has 0 unspecified atom stereocenters. The standard InChI is InChI=1S/C15H20N4/c1-3-10-19(15-8-9-17-12(2)18-15)11-13-6-4-5-7-14(13)16/h4-9H,3,10-11,16H2,1-2H3. The number of hydrogen-bond donors (Lipinski definition) is 1. The summed E-state index contributed by atoms with van der Waals surface area (Å²) >= 11 is 0. The summed E-state index contributed by atoms with van der Waals surface area (Å²) in [5, 5.41) is 0. The Morgan fingerprint density at radius 2 is 2.00 bits per heavy atom. The molecule has 2 N–H and O–H groups in total. The van der Waals surface area contributed by atoms with Gasteiger partial charge in [0, 0.05) is 25.0 Å². The molecule has 0 aliphatic carbocycles. The minimum Gasteiger partial charge on any atom is -0.398 e. The third kappa shape index (κ3) is 3.44. The summed E-state index contributed by atoms with van der Waals surface area (Å²) in [6.07, 6.45) is 2.87. The lowest BCUT2D eigenvalue weighted by atomic mass is 10.1. The summed E-state index contributed by atoms with van der Waals surface area (Å²) in [6, 6.07) is 9.91. The summed E-state index contributed by atoms with van der Waals surface area (Å²) in [4.78, 5) is 10.9. The topological polar surface area (TPSA) is 55.0 Å². The van der Waals surface area contributed by atoms with Crippen molar-refractivity contribution in [2.24, 2.45) is 0 Å². The molecule has 0 aliphatic heterocycles. The monoisotopic (exact) mass is 256 g/mol. The normalized spacial score (nSPS) is 10.4. The fraction of sp³-hybridized carbons (Fsp3) is 0.333. The van der Waals surface area contributed by atoms with Crippen molar-refractivity contribution in [3.63, 3.8) is 0 Å². The Hall–Kier alpha value is -2.10. The van der Waals surface area contributed by atoms with Gasteiger partial charge in [-0.3, -0.25) is 0 Å². The smallest absolute Gasteiger partial charge is 0.132 e. The molecule has 4 heteroatoms. The summed E-state index contributed by atoms with van der Waals surface area (Å²) < 4.78 is 0. The minimum atomic E-state index is 0.775. The lowest BCUT2D eigenvalue weighted by Gasteiger charge is -2.24. The second-order valence-electron chi connectivity index (χ2n) is 4.58. The van der Waals surface area contributed by atoms with Crippen LogP contribution in [0, 0.1) is 6.92 Å². The van der Waals surface area contributed by atoms with E-state index in [1.165, 1.54) is 0 Å². The highest BCUT2D eigenvalue weighted by molar-refractivity contribution is 5.49. The highest BCUT2D eigenvalue weighted by Gasteiger charge is 2.09. The first-order chi connectivity index (χ1) is 9.20. The largest absolute Gasteiger partial charge is 0.398 e. The van der Waals surface area contributed by atoms with Crippen LogP contribution in [0.3, 0.4) is 0 Å². The molecule has 100 valence electrons. The van der Waals surface area contributed by atoms with E-state index in [0.29, 0.717) is 0 Å². The zero-order valence-electron chi connectivity index (χ0n) is 11.5. The number of hydrogen-bond acceptors (Lipinski definition) is 4. The molecule has 0 aliphatic rings. The number of benzene rings is 1. The number of para-hydroxylation sites is 1. The van der Waals surface area contributed by atoms with Crippen molar-refractivity contribution in [3.8, 4) is 0 Å². The van der Waals surface area contributed by atoms with Gasteiger partial charge in [0.2, 0.25) is 0 Å². The Bertz CT molecular complexity index is 539. The highest BCUT2D eigenvalue weighted by Crippen LogP contribution is 2.18. The van der Waals surface area contributed by atoms with Crippen LogP contribution in [0.1, 0.15) is 24.7 Å². The number of aromatic nitrogens is 2. The van der Waals surface area contributed by atoms with Crippen LogP contribution in [0.25, 0.3) is 0 Å². The molecule has 1 heterocycles. The van der Waals surface area contributed by atoms with Crippen LogP contribution in [0.15, 0.2) is 36.5 Å². The fourth-order valence-corrected chi connectivity index (χ4v) is 2.05. The number of anilines is 2. The Kier molecular flexibility index (Phi) is 4.34. The van der Waals surface area contributed by atoms with Gasteiger partial charge < -0.3 is 10.6 Å². The lowest BCUT2D eigenvalue weighted by Crippen LogP contribution is -2.25. The van der Waals surface area contributed by atoms with Crippen LogP contribution in [-0.4, -0.2) is 16.5 Å². The van der Waals surface area contributed by atoms with Crippen LogP contribution in [-0.2, 0) is 6.54 Å². The van der Waals surface area contributed by atoms with Crippen molar-refractivity contribution in [1.82, 2.24) is 9.97 Å². The van der Waals surface area contributed by atoms with E-state index in [2.05, 4.69) is 27.9 Å². The van der Waals surface area contributed by atoms with E-state index in [1.54, 1.807) is 6.20 Å². The SMILES string of the molecule is CCCN(Cc1ccccc1N)c1ccnc(C)n1. The van der Waals surface area contributed by atoms with E-state index in [-0.39, 0.29) is 0 Å². The molecule has 19 heavy (non-hydrogen) atoms. The van der Waals surface area contributed by atoms with Gasteiger partial charge in [0.25, 0.3) is 0 Å². The maximum absolute atomic E-state index is 6.01. The number of nitrogens with two attached hydrogens (primary N) is 1. The number of aryl methyl sites for hydroxylation is 1. The lowest BCUT2D eigenvalue weighted by molar-refractivity contribution is 0.750. The Balaban J connectivity index is 2.24. The Morgan fingerprint density at radius 1 is 1.21 bits per heavy atom. The second kappa shape index (κ2) is 6.18. The molecule has 0 saturated heterocycles. The molecule has 0 atom stereocenters. The summed E-state index contributed by atoms with van der Waals surface area (Å²) in [7, 11) is 0. The first kappa shape index (κ1) is 13.3. The molecule has 4 nitrogen and oxygen atoms in total. The van der Waals surface area contributed by atoms with Crippen LogP contribution in [0.5, 0.6) is 0 Å². The number of nitrogen functional groups attached to an aromatic ring is 1. The predicted molar refractivity (Wildman–Crippen MR) is 79.0 cm³/mol. The molecule has 0 amide bonds. The zero-order chi connectivity index (χ0) is 13.7. The van der Waals surface area contributed by atoms with Crippen molar-refractivity contribution in [2.45, 2.75) is 26.8 Å². The van der Waals surface area contributed by atoms with Gasteiger partial charge in [0.15, 0.2) is 0 Å². The van der Waals surface area contributed by atoms with Gasteiger partial charge in [0.1, 0.15) is 11.6 Å². The molecular weight excluding hydrogens is 236 g/mol. The van der Waals surface area contributed by atoms with Gasteiger partial charge in [-0.25, -0.2) is 9.97 Å². The van der Waals surface area contributed by atoms with Crippen molar-refractivity contribution >= 4 is 11.5 Å². The third-order valence-corrected chi connectivity index (χ3v) is 3.00. The van der Waals surface area contributed by atoms with E-state index in [4.69, 9.17) is 5.73 Å². The highest BCUT2D eigenvalue weighted by atomic mass is 15.2. The second-order valence-corrected chi connectivity index (χ2v) is 4.58. The van der Waals surface area contributed by atoms with Crippen LogP contribution < -0.4 is 10.6 Å². The molecule has 0 spiro atoms. The Morgan fingerprint density at radius 3 is 2.68 bits per heavy atom. The van der Waals surface area contributed by atoms with E-state index in [0.717, 1.165) is 42.4 Å². The van der Waals surface area contributed by atoms with E-state index in [9.17, 15) is 0 Å². The van der Waals surface area contributed by atoms with Gasteiger partial charge in [-0.2, -0.15) is 0 Å². The van der Waals surface area contributed by atoms with E-state index in [1.807, 2.05) is 31.2 Å². The maximum atomic E-state index is 6.01. The Labute approximate surface area is 114 Å². The van der Waals surface area contributed by atoms with Gasteiger partial charge in [-0.1, -0.05) is 25.1 Å². The van der Waals surface area contributed by atoms with Gasteiger partial charge >= 0.3 is 0 Å². The molecule has 2 aromatic rings. The van der Waals surface area contributed by atoms with Crippen molar-refractivity contribution in [1.29, 1.82) is 0 Å². The first-order valence-electron chi connectivity index (χ1n) is 6.58. The van der Waals surface area contributed by atoms with Crippen LogP contribution in [0.4, 0.5) is 11.5 Å². The molecular formula is C15H20N4. The van der Waals surface area contributed by atoms with Crippen molar-refractivity contribution < 1.29 is 0 Å². The molecule has 2 rings (SSSR count). The summed E-state index contributed by atoms with van der Waals surface area (Å²) in [5.74, 6) is 1.75. The molecule has 1 aromatic heterocycles. The van der Waals surface area contributed by atoms with Crippen molar-refractivity contribution in [2.75, 3.05) is 17.2 Å². The minimum absolute atomic E-state index is 0.775. The van der Waals surface area contributed by atoms with E-state index >= 15 is 0 Å². The number of rotatable bonds is 5. The fourth-order valence-electron chi connectivity index (χ4n) is 2.05. The van der Waals surface area contributed by atoms with Crippen molar-refractivity contribution in [3.05, 3.63) is 47.9 Å².